The van der Waals surface area contributed by atoms with E-state index in [9.17, 15) is 4.79 Å². The number of nitrogens with zero attached hydrogens (tertiary/aromatic N) is 1. The first-order valence-electron chi connectivity index (χ1n) is 6.81. The van der Waals surface area contributed by atoms with Crippen molar-refractivity contribution in [3.05, 3.63) is 11.3 Å². The highest BCUT2D eigenvalue weighted by molar-refractivity contribution is 7.10. The lowest BCUT2D eigenvalue weighted by Crippen LogP contribution is -2.19. The number of aromatic nitrogens is 1. The van der Waals surface area contributed by atoms with E-state index in [0.29, 0.717) is 6.04 Å². The van der Waals surface area contributed by atoms with Gasteiger partial charge in [0.1, 0.15) is 5.00 Å². The van der Waals surface area contributed by atoms with E-state index in [1.807, 2.05) is 6.92 Å². The molecule has 2 unspecified atom stereocenters. The molecule has 0 radical (unpaired) electrons. The van der Waals surface area contributed by atoms with Gasteiger partial charge in [0.05, 0.1) is 11.3 Å². The van der Waals surface area contributed by atoms with Crippen molar-refractivity contribution in [2.24, 2.45) is 5.92 Å². The van der Waals surface area contributed by atoms with Crippen molar-refractivity contribution in [2.75, 3.05) is 5.32 Å². The fourth-order valence-electron chi connectivity index (χ4n) is 2.70. The Morgan fingerprint density at radius 1 is 1.33 bits per heavy atom. The molecule has 1 saturated carbocycles. The van der Waals surface area contributed by atoms with Crippen molar-refractivity contribution < 1.29 is 4.79 Å². The molecule has 100 valence electrons. The zero-order chi connectivity index (χ0) is 13.1. The van der Waals surface area contributed by atoms with Gasteiger partial charge < -0.3 is 5.32 Å². The molecule has 0 aromatic carbocycles. The second-order valence-electron chi connectivity index (χ2n) is 5.48. The molecule has 1 aromatic heterocycles. The summed E-state index contributed by atoms with van der Waals surface area (Å²) in [6.07, 6.45) is 6.31. The Morgan fingerprint density at radius 3 is 2.83 bits per heavy atom. The largest absolute Gasteiger partial charge is 0.372 e. The molecule has 1 N–H and O–H groups in total. The van der Waals surface area contributed by atoms with Crippen LogP contribution in [0.25, 0.3) is 0 Å². The molecule has 1 aliphatic carbocycles. The summed E-state index contributed by atoms with van der Waals surface area (Å²) in [7, 11) is 0. The lowest BCUT2D eigenvalue weighted by Gasteiger charge is -2.17. The van der Waals surface area contributed by atoms with Gasteiger partial charge in [0, 0.05) is 6.04 Å². The molecule has 3 nitrogen and oxygen atoms in total. The SMILES string of the molecule is CC(=O)c1c(C)nsc1NC1CCCC(C)CC1. The average molecular weight is 266 g/mol. The Morgan fingerprint density at radius 2 is 2.11 bits per heavy atom. The highest BCUT2D eigenvalue weighted by Crippen LogP contribution is 2.30. The van der Waals surface area contributed by atoms with Crippen molar-refractivity contribution in [3.8, 4) is 0 Å². The van der Waals surface area contributed by atoms with Crippen molar-refractivity contribution in [2.45, 2.75) is 58.9 Å². The second-order valence-corrected chi connectivity index (χ2v) is 6.26. The number of ketones is 1. The van der Waals surface area contributed by atoms with E-state index in [0.717, 1.165) is 22.2 Å². The van der Waals surface area contributed by atoms with Crippen LogP contribution in [0.15, 0.2) is 0 Å². The number of Topliss-reactive ketones (excluding diaryl/α,β-unsaturated/α-hetero) is 1. The number of rotatable bonds is 3. The van der Waals surface area contributed by atoms with Crippen molar-refractivity contribution >= 4 is 22.3 Å². The number of nitrogens with one attached hydrogen (secondary N) is 1. The fourth-order valence-corrected chi connectivity index (χ4v) is 3.62. The first-order valence-corrected chi connectivity index (χ1v) is 7.59. The van der Waals surface area contributed by atoms with Crippen LogP contribution in [-0.2, 0) is 0 Å². The van der Waals surface area contributed by atoms with E-state index in [1.54, 1.807) is 6.92 Å². The Kier molecular flexibility index (Phi) is 4.38. The summed E-state index contributed by atoms with van der Waals surface area (Å²) >= 11 is 1.42. The Balaban J connectivity index is 2.07. The van der Waals surface area contributed by atoms with Crippen LogP contribution < -0.4 is 5.32 Å². The quantitative estimate of drug-likeness (QED) is 0.663. The lowest BCUT2D eigenvalue weighted by molar-refractivity contribution is 0.101. The topological polar surface area (TPSA) is 42.0 Å². The van der Waals surface area contributed by atoms with Gasteiger partial charge in [0.25, 0.3) is 0 Å². The van der Waals surface area contributed by atoms with E-state index in [4.69, 9.17) is 0 Å². The van der Waals surface area contributed by atoms with Crippen molar-refractivity contribution in [1.29, 1.82) is 0 Å². The minimum atomic E-state index is 0.116. The maximum atomic E-state index is 11.6. The van der Waals surface area contributed by atoms with Crippen molar-refractivity contribution in [3.63, 3.8) is 0 Å². The van der Waals surface area contributed by atoms with Gasteiger partial charge in [-0.25, -0.2) is 0 Å². The first-order chi connectivity index (χ1) is 8.58. The molecule has 4 heteroatoms. The number of hydrogen-bond donors (Lipinski definition) is 1. The summed E-state index contributed by atoms with van der Waals surface area (Å²) < 4.78 is 4.30. The van der Waals surface area contributed by atoms with Crippen LogP contribution in [-0.4, -0.2) is 16.2 Å². The average Bonchev–Trinajstić information content (AvgIpc) is 2.54. The van der Waals surface area contributed by atoms with E-state index >= 15 is 0 Å². The predicted octanol–water partition coefficient (Wildman–Crippen LogP) is 4.03. The van der Waals surface area contributed by atoms with Gasteiger partial charge in [-0.1, -0.05) is 19.8 Å². The third kappa shape index (κ3) is 3.10. The fraction of sp³-hybridized carbons (Fsp3) is 0.714. The molecule has 1 fully saturated rings. The van der Waals surface area contributed by atoms with Crippen molar-refractivity contribution in [1.82, 2.24) is 4.37 Å². The van der Waals surface area contributed by atoms with Gasteiger partial charge in [-0.15, -0.1) is 0 Å². The molecule has 0 amide bonds. The standard InChI is InChI=1S/C14H22N2OS/c1-9-5-4-6-12(8-7-9)15-14-13(11(3)17)10(2)16-18-14/h9,12,15H,4-8H2,1-3H3. The lowest BCUT2D eigenvalue weighted by atomic mass is 10.0. The summed E-state index contributed by atoms with van der Waals surface area (Å²) in [6, 6.07) is 0.507. The molecule has 2 rings (SSSR count). The number of carbonyl (C=O) groups excluding carboxylic acids is 1. The molecular weight excluding hydrogens is 244 g/mol. The van der Waals surface area contributed by atoms with Gasteiger partial charge in [0.15, 0.2) is 5.78 Å². The molecule has 1 aliphatic rings. The highest BCUT2D eigenvalue weighted by atomic mass is 32.1. The Labute approximate surface area is 113 Å². The predicted molar refractivity (Wildman–Crippen MR) is 76.5 cm³/mol. The summed E-state index contributed by atoms with van der Waals surface area (Å²) in [5.74, 6) is 0.956. The molecule has 0 saturated heterocycles. The van der Waals surface area contributed by atoms with Crippen LogP contribution in [0.3, 0.4) is 0 Å². The molecule has 18 heavy (non-hydrogen) atoms. The number of carbonyl (C=O) groups is 1. The molecule has 2 atom stereocenters. The maximum Gasteiger partial charge on any atom is 0.164 e. The van der Waals surface area contributed by atoms with Crippen LogP contribution in [0.2, 0.25) is 0 Å². The summed E-state index contributed by atoms with van der Waals surface area (Å²) in [4.78, 5) is 11.6. The normalized spacial score (nSPS) is 24.6. The smallest absolute Gasteiger partial charge is 0.164 e. The van der Waals surface area contributed by atoms with Crippen LogP contribution in [0, 0.1) is 12.8 Å². The van der Waals surface area contributed by atoms with E-state index in [2.05, 4.69) is 16.6 Å². The molecule has 1 aromatic rings. The number of anilines is 1. The van der Waals surface area contributed by atoms with Gasteiger partial charge in [0.2, 0.25) is 0 Å². The minimum absolute atomic E-state index is 0.116. The zero-order valence-corrected chi connectivity index (χ0v) is 12.3. The van der Waals surface area contributed by atoms with Gasteiger partial charge in [-0.3, -0.25) is 4.79 Å². The van der Waals surface area contributed by atoms with Gasteiger partial charge in [-0.05, 0) is 50.6 Å². The van der Waals surface area contributed by atoms with Crippen LogP contribution in [0.4, 0.5) is 5.00 Å². The summed E-state index contributed by atoms with van der Waals surface area (Å²) in [5.41, 5.74) is 1.65. The van der Waals surface area contributed by atoms with Crippen LogP contribution in [0.1, 0.15) is 62.0 Å². The molecular formula is C14H22N2OS. The van der Waals surface area contributed by atoms with Crippen LogP contribution >= 0.6 is 11.5 Å². The number of aryl methyl sites for hydroxylation is 1. The Hall–Kier alpha value is -0.900. The van der Waals surface area contributed by atoms with E-state index in [1.165, 1.54) is 43.6 Å². The third-order valence-electron chi connectivity index (χ3n) is 3.81. The molecule has 0 aliphatic heterocycles. The maximum absolute atomic E-state index is 11.6. The number of hydrogen-bond acceptors (Lipinski definition) is 4. The summed E-state index contributed by atoms with van der Waals surface area (Å²) in [5, 5.41) is 4.52. The first kappa shape index (κ1) is 13.5. The van der Waals surface area contributed by atoms with E-state index < -0.39 is 0 Å². The highest BCUT2D eigenvalue weighted by Gasteiger charge is 2.20. The Bertz CT molecular complexity index is 427. The third-order valence-corrected chi connectivity index (χ3v) is 4.68. The monoisotopic (exact) mass is 266 g/mol. The van der Waals surface area contributed by atoms with Gasteiger partial charge in [-0.2, -0.15) is 4.37 Å². The van der Waals surface area contributed by atoms with Crippen LogP contribution in [0.5, 0.6) is 0 Å². The minimum Gasteiger partial charge on any atom is -0.372 e. The second kappa shape index (κ2) is 5.83. The molecule has 1 heterocycles. The summed E-state index contributed by atoms with van der Waals surface area (Å²) in [6.45, 7) is 5.87. The zero-order valence-electron chi connectivity index (χ0n) is 11.5. The van der Waals surface area contributed by atoms with Gasteiger partial charge >= 0.3 is 0 Å². The molecule has 0 spiro atoms. The molecule has 0 bridgehead atoms. The van der Waals surface area contributed by atoms with E-state index in [-0.39, 0.29) is 5.78 Å².